The summed E-state index contributed by atoms with van der Waals surface area (Å²) in [4.78, 5) is 0. The molecule has 0 spiro atoms. The molecular formula is C52H34. The fourth-order valence-corrected chi connectivity index (χ4v) is 8.22. The predicted octanol–water partition coefficient (Wildman–Crippen LogP) is 14.6. The van der Waals surface area contributed by atoms with Gasteiger partial charge >= 0.3 is 0 Å². The molecule has 0 fully saturated rings. The summed E-state index contributed by atoms with van der Waals surface area (Å²) in [7, 11) is 0. The van der Waals surface area contributed by atoms with Gasteiger partial charge in [-0.15, -0.1) is 0 Å². The lowest BCUT2D eigenvalue weighted by molar-refractivity contribution is 1.58. The Morgan fingerprint density at radius 1 is 0.192 bits per heavy atom. The normalized spacial score (nSPS) is 11.5. The first-order chi connectivity index (χ1) is 25.8. The molecule has 10 rings (SSSR count). The smallest absolute Gasteiger partial charge is 0.00199 e. The summed E-state index contributed by atoms with van der Waals surface area (Å²) in [5, 5.41) is 10.0. The van der Waals surface area contributed by atoms with E-state index in [1.165, 1.54) is 98.7 Å². The fourth-order valence-electron chi connectivity index (χ4n) is 8.22. The van der Waals surface area contributed by atoms with Crippen LogP contribution >= 0.6 is 0 Å². The molecule has 0 aliphatic rings. The molecule has 0 atom stereocenters. The number of fused-ring (bicyclic) bond motifs is 4. The van der Waals surface area contributed by atoms with Crippen molar-refractivity contribution in [1.29, 1.82) is 0 Å². The SMILES string of the molecule is c1ccc(-c2c3ccccc3c(-c3cc(-c4cccc5ccccc45)ccc3-c3cccc(-c4ccc5ccccc5c4)c3)c3ccccc23)cc1. The van der Waals surface area contributed by atoms with E-state index >= 15 is 0 Å². The summed E-state index contributed by atoms with van der Waals surface area (Å²) in [5.74, 6) is 0. The van der Waals surface area contributed by atoms with Gasteiger partial charge in [0.25, 0.3) is 0 Å². The van der Waals surface area contributed by atoms with Gasteiger partial charge in [-0.3, -0.25) is 0 Å². The highest BCUT2D eigenvalue weighted by atomic mass is 14.2. The molecule has 52 heavy (non-hydrogen) atoms. The lowest BCUT2D eigenvalue weighted by Crippen LogP contribution is -1.94. The number of benzene rings is 10. The zero-order chi connectivity index (χ0) is 34.4. The minimum absolute atomic E-state index is 1.20. The summed E-state index contributed by atoms with van der Waals surface area (Å²) in [6.07, 6.45) is 0. The molecule has 0 nitrogen and oxygen atoms in total. The molecule has 0 aromatic heterocycles. The first kappa shape index (κ1) is 30.1. The van der Waals surface area contributed by atoms with Gasteiger partial charge < -0.3 is 0 Å². The van der Waals surface area contributed by atoms with E-state index in [0.29, 0.717) is 0 Å². The van der Waals surface area contributed by atoms with Crippen LogP contribution in [0.15, 0.2) is 206 Å². The third kappa shape index (κ3) is 5.08. The molecule has 0 saturated carbocycles. The largest absolute Gasteiger partial charge is 0.0622 e. The van der Waals surface area contributed by atoms with Crippen molar-refractivity contribution in [2.45, 2.75) is 0 Å². The second-order valence-electron chi connectivity index (χ2n) is 13.6. The van der Waals surface area contributed by atoms with Gasteiger partial charge in [0.2, 0.25) is 0 Å². The Morgan fingerprint density at radius 2 is 0.692 bits per heavy atom. The minimum Gasteiger partial charge on any atom is -0.0622 e. The Labute approximate surface area is 303 Å². The van der Waals surface area contributed by atoms with Gasteiger partial charge in [0.1, 0.15) is 0 Å². The van der Waals surface area contributed by atoms with E-state index < -0.39 is 0 Å². The molecule has 0 unspecified atom stereocenters. The third-order valence-electron chi connectivity index (χ3n) is 10.6. The van der Waals surface area contributed by atoms with Crippen LogP contribution in [0.4, 0.5) is 0 Å². The maximum absolute atomic E-state index is 2.44. The fraction of sp³-hybridized carbons (Fsp3) is 0. The second kappa shape index (κ2) is 12.5. The molecule has 0 aliphatic carbocycles. The van der Waals surface area contributed by atoms with Crippen molar-refractivity contribution in [2.24, 2.45) is 0 Å². The summed E-state index contributed by atoms with van der Waals surface area (Å²) in [6, 6.07) is 75.7. The van der Waals surface area contributed by atoms with Crippen molar-refractivity contribution in [1.82, 2.24) is 0 Å². The van der Waals surface area contributed by atoms with Crippen LogP contribution in [0.25, 0.3) is 98.7 Å². The van der Waals surface area contributed by atoms with Gasteiger partial charge in [-0.05, 0) is 117 Å². The Kier molecular flexibility index (Phi) is 7.25. The highest BCUT2D eigenvalue weighted by Crippen LogP contribution is 2.47. The molecule has 0 amide bonds. The van der Waals surface area contributed by atoms with E-state index in [2.05, 4.69) is 206 Å². The Morgan fingerprint density at radius 3 is 1.44 bits per heavy atom. The number of hydrogen-bond donors (Lipinski definition) is 0. The first-order valence-electron chi connectivity index (χ1n) is 18.0. The van der Waals surface area contributed by atoms with E-state index in [0.717, 1.165) is 0 Å². The standard InChI is InChI=1S/C52H34/c1-2-16-37(17-3-1)51-46-23-8-10-25-48(46)52(49-26-11-9-24-47(49)51)50-34-42(44-27-13-19-36-15-6-7-22-43(36)44)30-31-45(50)41-21-12-20-39(33-41)40-29-28-35-14-4-5-18-38(35)32-40/h1-34H. The van der Waals surface area contributed by atoms with Crippen molar-refractivity contribution < 1.29 is 0 Å². The van der Waals surface area contributed by atoms with Crippen LogP contribution in [0.3, 0.4) is 0 Å². The van der Waals surface area contributed by atoms with Crippen LogP contribution in [0.1, 0.15) is 0 Å². The van der Waals surface area contributed by atoms with Crippen LogP contribution in [-0.2, 0) is 0 Å². The highest BCUT2D eigenvalue weighted by Gasteiger charge is 2.20. The lowest BCUT2D eigenvalue weighted by atomic mass is 9.82. The molecule has 242 valence electrons. The Hall–Kier alpha value is -6.76. The van der Waals surface area contributed by atoms with Crippen LogP contribution < -0.4 is 0 Å². The van der Waals surface area contributed by atoms with Crippen molar-refractivity contribution in [2.75, 3.05) is 0 Å². The van der Waals surface area contributed by atoms with Gasteiger partial charge in [-0.1, -0.05) is 188 Å². The monoisotopic (exact) mass is 658 g/mol. The van der Waals surface area contributed by atoms with Crippen molar-refractivity contribution >= 4 is 43.1 Å². The Balaban J connectivity index is 1.27. The number of rotatable bonds is 5. The van der Waals surface area contributed by atoms with Crippen LogP contribution in [0.5, 0.6) is 0 Å². The summed E-state index contributed by atoms with van der Waals surface area (Å²) in [6.45, 7) is 0. The van der Waals surface area contributed by atoms with E-state index in [1.54, 1.807) is 0 Å². The van der Waals surface area contributed by atoms with Crippen molar-refractivity contribution in [3.63, 3.8) is 0 Å². The molecule has 0 heterocycles. The van der Waals surface area contributed by atoms with E-state index in [9.17, 15) is 0 Å². The second-order valence-corrected chi connectivity index (χ2v) is 13.6. The zero-order valence-electron chi connectivity index (χ0n) is 28.6. The quantitative estimate of drug-likeness (QED) is 0.161. The van der Waals surface area contributed by atoms with Crippen molar-refractivity contribution in [3.05, 3.63) is 206 Å². The topological polar surface area (TPSA) is 0 Å². The van der Waals surface area contributed by atoms with Gasteiger partial charge in [0, 0.05) is 0 Å². The summed E-state index contributed by atoms with van der Waals surface area (Å²) in [5.41, 5.74) is 12.3. The minimum atomic E-state index is 1.20. The average molecular weight is 659 g/mol. The molecule has 0 heteroatoms. The van der Waals surface area contributed by atoms with Gasteiger partial charge in [0.15, 0.2) is 0 Å². The molecular weight excluding hydrogens is 625 g/mol. The molecule has 10 aromatic carbocycles. The molecule has 10 aromatic rings. The summed E-state index contributed by atoms with van der Waals surface area (Å²) >= 11 is 0. The summed E-state index contributed by atoms with van der Waals surface area (Å²) < 4.78 is 0. The molecule has 0 radical (unpaired) electrons. The predicted molar refractivity (Wildman–Crippen MR) is 224 cm³/mol. The van der Waals surface area contributed by atoms with Gasteiger partial charge in [-0.25, -0.2) is 0 Å². The van der Waals surface area contributed by atoms with Gasteiger partial charge in [0.05, 0.1) is 0 Å². The van der Waals surface area contributed by atoms with E-state index in [4.69, 9.17) is 0 Å². The zero-order valence-corrected chi connectivity index (χ0v) is 28.6. The Bertz CT molecular complexity index is 2890. The molecule has 0 aliphatic heterocycles. The maximum atomic E-state index is 2.44. The van der Waals surface area contributed by atoms with Crippen molar-refractivity contribution in [3.8, 4) is 55.6 Å². The van der Waals surface area contributed by atoms with Crippen LogP contribution in [0, 0.1) is 0 Å². The van der Waals surface area contributed by atoms with Crippen LogP contribution in [0.2, 0.25) is 0 Å². The van der Waals surface area contributed by atoms with E-state index in [-0.39, 0.29) is 0 Å². The molecule has 0 saturated heterocycles. The molecule has 0 bridgehead atoms. The van der Waals surface area contributed by atoms with E-state index in [1.807, 2.05) is 0 Å². The molecule has 0 N–H and O–H groups in total. The maximum Gasteiger partial charge on any atom is -0.00199 e. The lowest BCUT2D eigenvalue weighted by Gasteiger charge is -2.21. The first-order valence-corrected chi connectivity index (χ1v) is 18.0. The van der Waals surface area contributed by atoms with Gasteiger partial charge in [-0.2, -0.15) is 0 Å². The van der Waals surface area contributed by atoms with Crippen LogP contribution in [-0.4, -0.2) is 0 Å². The third-order valence-corrected chi connectivity index (χ3v) is 10.6. The highest BCUT2D eigenvalue weighted by molar-refractivity contribution is 6.22. The average Bonchev–Trinajstić information content (AvgIpc) is 3.22. The number of hydrogen-bond acceptors (Lipinski definition) is 0.